The average Bonchev–Trinajstić information content (AvgIpc) is 2.42. The molecule has 0 fully saturated rings. The first kappa shape index (κ1) is 16.5. The topological polar surface area (TPSA) is 55.1 Å². The van der Waals surface area contributed by atoms with Gasteiger partial charge >= 0.3 is 0 Å². The standard InChI is InChI=1S/C17H28N2O/c1-5-7-8-14(6-2)11-19-17(20)15-10-16(18)13(4)9-12(15)3/h9-10,14H,5-8,11,18H2,1-4H3,(H,19,20). The Labute approximate surface area is 122 Å². The van der Waals surface area contributed by atoms with Gasteiger partial charge in [-0.2, -0.15) is 0 Å². The molecule has 0 aliphatic carbocycles. The fourth-order valence-corrected chi connectivity index (χ4v) is 2.39. The van der Waals surface area contributed by atoms with Gasteiger partial charge < -0.3 is 11.1 Å². The van der Waals surface area contributed by atoms with Crippen LogP contribution in [0.25, 0.3) is 0 Å². The third-order valence-corrected chi connectivity index (χ3v) is 3.95. The van der Waals surface area contributed by atoms with Crippen molar-refractivity contribution in [2.24, 2.45) is 5.92 Å². The molecule has 1 rings (SSSR count). The number of amides is 1. The smallest absolute Gasteiger partial charge is 0.251 e. The van der Waals surface area contributed by atoms with E-state index in [-0.39, 0.29) is 5.91 Å². The van der Waals surface area contributed by atoms with Gasteiger partial charge in [0.1, 0.15) is 0 Å². The van der Waals surface area contributed by atoms with Crippen LogP contribution in [0.1, 0.15) is 61.0 Å². The van der Waals surface area contributed by atoms with Gasteiger partial charge in [0.05, 0.1) is 0 Å². The van der Waals surface area contributed by atoms with Crippen molar-refractivity contribution in [3.63, 3.8) is 0 Å². The number of unbranched alkanes of at least 4 members (excludes halogenated alkanes) is 1. The number of benzene rings is 1. The normalized spacial score (nSPS) is 12.2. The summed E-state index contributed by atoms with van der Waals surface area (Å²) in [6.07, 6.45) is 4.72. The predicted molar refractivity (Wildman–Crippen MR) is 86.0 cm³/mol. The Hall–Kier alpha value is -1.51. The molecule has 0 saturated heterocycles. The summed E-state index contributed by atoms with van der Waals surface area (Å²) in [5.41, 5.74) is 9.27. The molecule has 1 amide bonds. The molecule has 112 valence electrons. The van der Waals surface area contributed by atoms with E-state index in [4.69, 9.17) is 5.73 Å². The van der Waals surface area contributed by atoms with E-state index in [1.165, 1.54) is 19.3 Å². The molecule has 3 nitrogen and oxygen atoms in total. The molecule has 0 bridgehead atoms. The molecule has 1 aromatic rings. The van der Waals surface area contributed by atoms with Crippen molar-refractivity contribution in [2.45, 2.75) is 53.4 Å². The molecule has 0 aliphatic rings. The van der Waals surface area contributed by atoms with Crippen molar-refractivity contribution in [3.8, 4) is 0 Å². The Morgan fingerprint density at radius 3 is 2.55 bits per heavy atom. The fourth-order valence-electron chi connectivity index (χ4n) is 2.39. The van der Waals surface area contributed by atoms with Gasteiger partial charge in [0.2, 0.25) is 0 Å². The molecule has 0 aliphatic heterocycles. The lowest BCUT2D eigenvalue weighted by Gasteiger charge is -2.16. The highest BCUT2D eigenvalue weighted by atomic mass is 16.1. The summed E-state index contributed by atoms with van der Waals surface area (Å²) in [6, 6.07) is 3.76. The molecule has 1 aromatic carbocycles. The van der Waals surface area contributed by atoms with Gasteiger partial charge in [0, 0.05) is 17.8 Å². The highest BCUT2D eigenvalue weighted by Gasteiger charge is 2.13. The maximum Gasteiger partial charge on any atom is 0.251 e. The summed E-state index contributed by atoms with van der Waals surface area (Å²) in [5, 5.41) is 3.05. The third kappa shape index (κ3) is 4.55. The molecule has 0 radical (unpaired) electrons. The number of nitrogens with two attached hydrogens (primary N) is 1. The molecule has 3 N–H and O–H groups in total. The predicted octanol–water partition coefficient (Wildman–Crippen LogP) is 3.83. The minimum atomic E-state index is -0.0100. The van der Waals surface area contributed by atoms with Crippen LogP contribution in [0.3, 0.4) is 0 Å². The van der Waals surface area contributed by atoms with Crippen molar-refractivity contribution in [1.29, 1.82) is 0 Å². The Bertz CT molecular complexity index is 455. The summed E-state index contributed by atoms with van der Waals surface area (Å²) < 4.78 is 0. The molecule has 0 aromatic heterocycles. The highest BCUT2D eigenvalue weighted by molar-refractivity contribution is 5.96. The second-order valence-electron chi connectivity index (χ2n) is 5.65. The van der Waals surface area contributed by atoms with Crippen LogP contribution in [0, 0.1) is 19.8 Å². The van der Waals surface area contributed by atoms with Crippen molar-refractivity contribution in [3.05, 3.63) is 28.8 Å². The summed E-state index contributed by atoms with van der Waals surface area (Å²) in [4.78, 5) is 12.3. The van der Waals surface area contributed by atoms with Gasteiger partial charge in [0.25, 0.3) is 5.91 Å². The van der Waals surface area contributed by atoms with Crippen molar-refractivity contribution >= 4 is 11.6 Å². The van der Waals surface area contributed by atoms with E-state index in [2.05, 4.69) is 19.2 Å². The highest BCUT2D eigenvalue weighted by Crippen LogP contribution is 2.18. The summed E-state index contributed by atoms with van der Waals surface area (Å²) >= 11 is 0. The quantitative estimate of drug-likeness (QED) is 0.744. The molecule has 1 atom stereocenters. The Morgan fingerprint density at radius 2 is 1.95 bits per heavy atom. The maximum atomic E-state index is 12.3. The van der Waals surface area contributed by atoms with Gasteiger partial charge in [-0.15, -0.1) is 0 Å². The van der Waals surface area contributed by atoms with Gasteiger partial charge in [-0.05, 0) is 43.4 Å². The lowest BCUT2D eigenvalue weighted by Crippen LogP contribution is -2.29. The first-order chi connectivity index (χ1) is 9.49. The van der Waals surface area contributed by atoms with Crippen LogP contribution in [-0.2, 0) is 0 Å². The van der Waals surface area contributed by atoms with E-state index in [0.717, 1.165) is 24.1 Å². The number of hydrogen-bond acceptors (Lipinski definition) is 2. The van der Waals surface area contributed by atoms with Crippen molar-refractivity contribution in [1.82, 2.24) is 5.32 Å². The average molecular weight is 276 g/mol. The second-order valence-corrected chi connectivity index (χ2v) is 5.65. The number of aryl methyl sites for hydroxylation is 2. The number of carbonyl (C=O) groups is 1. The summed E-state index contributed by atoms with van der Waals surface area (Å²) in [7, 11) is 0. The molecular formula is C17H28N2O. The molecule has 0 saturated carbocycles. The van der Waals surface area contributed by atoms with Crippen LogP contribution in [0.5, 0.6) is 0 Å². The maximum absolute atomic E-state index is 12.3. The van der Waals surface area contributed by atoms with Crippen LogP contribution >= 0.6 is 0 Å². The van der Waals surface area contributed by atoms with Crippen LogP contribution < -0.4 is 11.1 Å². The van der Waals surface area contributed by atoms with E-state index in [9.17, 15) is 4.79 Å². The van der Waals surface area contributed by atoms with Gasteiger partial charge in [0.15, 0.2) is 0 Å². The zero-order chi connectivity index (χ0) is 15.1. The van der Waals surface area contributed by atoms with E-state index in [1.54, 1.807) is 6.07 Å². The summed E-state index contributed by atoms with van der Waals surface area (Å²) in [5.74, 6) is 0.561. The molecule has 0 heterocycles. The Morgan fingerprint density at radius 1 is 1.25 bits per heavy atom. The van der Waals surface area contributed by atoms with Gasteiger partial charge in [-0.1, -0.05) is 39.2 Å². The molecule has 0 spiro atoms. The monoisotopic (exact) mass is 276 g/mol. The number of hydrogen-bond donors (Lipinski definition) is 2. The number of nitrogen functional groups attached to an aromatic ring is 1. The third-order valence-electron chi connectivity index (χ3n) is 3.95. The lowest BCUT2D eigenvalue weighted by atomic mass is 9.98. The first-order valence-corrected chi connectivity index (χ1v) is 7.64. The Kier molecular flexibility index (Phi) is 6.56. The Balaban J connectivity index is 2.65. The number of anilines is 1. The number of rotatable bonds is 7. The minimum absolute atomic E-state index is 0.0100. The second kappa shape index (κ2) is 7.93. The van der Waals surface area contributed by atoms with E-state index in [0.29, 0.717) is 17.2 Å². The minimum Gasteiger partial charge on any atom is -0.398 e. The molecule has 20 heavy (non-hydrogen) atoms. The van der Waals surface area contributed by atoms with Crippen LogP contribution in [0.4, 0.5) is 5.69 Å². The number of carbonyl (C=O) groups excluding carboxylic acids is 1. The van der Waals surface area contributed by atoms with Crippen LogP contribution in [0.15, 0.2) is 12.1 Å². The summed E-state index contributed by atoms with van der Waals surface area (Å²) in [6.45, 7) is 9.05. The van der Waals surface area contributed by atoms with E-state index in [1.807, 2.05) is 19.9 Å². The van der Waals surface area contributed by atoms with E-state index < -0.39 is 0 Å². The number of nitrogens with one attached hydrogen (secondary N) is 1. The fraction of sp³-hybridized carbons (Fsp3) is 0.588. The van der Waals surface area contributed by atoms with Crippen molar-refractivity contribution in [2.75, 3.05) is 12.3 Å². The molecule has 3 heteroatoms. The first-order valence-electron chi connectivity index (χ1n) is 7.64. The zero-order valence-electron chi connectivity index (χ0n) is 13.3. The van der Waals surface area contributed by atoms with Crippen LogP contribution in [0.2, 0.25) is 0 Å². The SMILES string of the molecule is CCCCC(CC)CNC(=O)c1cc(N)c(C)cc1C. The molecule has 1 unspecified atom stereocenters. The van der Waals surface area contributed by atoms with Gasteiger partial charge in [-0.25, -0.2) is 0 Å². The van der Waals surface area contributed by atoms with Crippen molar-refractivity contribution < 1.29 is 4.79 Å². The van der Waals surface area contributed by atoms with Gasteiger partial charge in [-0.3, -0.25) is 4.79 Å². The largest absolute Gasteiger partial charge is 0.398 e. The molecular weight excluding hydrogens is 248 g/mol. The lowest BCUT2D eigenvalue weighted by molar-refractivity contribution is 0.0945. The van der Waals surface area contributed by atoms with Crippen LogP contribution in [-0.4, -0.2) is 12.5 Å². The zero-order valence-corrected chi connectivity index (χ0v) is 13.3. The van der Waals surface area contributed by atoms with E-state index >= 15 is 0 Å².